The van der Waals surface area contributed by atoms with E-state index in [1.165, 1.54) is 6.04 Å². The Bertz CT molecular complexity index is 184. The third kappa shape index (κ3) is 2.54. The fourth-order valence-corrected chi connectivity index (χ4v) is 3.31. The summed E-state index contributed by atoms with van der Waals surface area (Å²) in [6, 6.07) is 1.18. The van der Waals surface area contributed by atoms with Crippen LogP contribution in [-0.4, -0.2) is 32.0 Å². The van der Waals surface area contributed by atoms with Gasteiger partial charge in [0.25, 0.3) is 0 Å². The monoisotopic (exact) mass is 202 g/mol. The van der Waals surface area contributed by atoms with Crippen molar-refractivity contribution in [1.82, 2.24) is 0 Å². The minimum absolute atomic E-state index is 0.147. The fraction of sp³-hybridized carbons (Fsp3) is 1.00. The van der Waals surface area contributed by atoms with Crippen molar-refractivity contribution < 1.29 is 9.84 Å². The summed E-state index contributed by atoms with van der Waals surface area (Å²) in [6.07, 6.45) is 0.500. The van der Waals surface area contributed by atoms with Crippen LogP contribution in [0.5, 0.6) is 0 Å². The summed E-state index contributed by atoms with van der Waals surface area (Å²) in [6.45, 7) is 12.0. The number of hydrogen-bond acceptors (Lipinski definition) is 2. The molecule has 1 heterocycles. The first kappa shape index (κ1) is 11.2. The van der Waals surface area contributed by atoms with E-state index in [9.17, 15) is 0 Å². The Kier molecular flexibility index (Phi) is 2.91. The van der Waals surface area contributed by atoms with Gasteiger partial charge in [-0.25, -0.2) is 0 Å². The van der Waals surface area contributed by atoms with Crippen LogP contribution in [0.15, 0.2) is 0 Å². The van der Waals surface area contributed by atoms with Gasteiger partial charge in [-0.15, -0.1) is 0 Å². The Labute approximate surface area is 82.3 Å². The molecule has 0 amide bonds. The first-order valence-corrected chi connectivity index (χ1v) is 8.25. The van der Waals surface area contributed by atoms with Gasteiger partial charge < -0.3 is 9.84 Å². The Morgan fingerprint density at radius 2 is 1.77 bits per heavy atom. The lowest BCUT2D eigenvalue weighted by Gasteiger charge is -2.36. The van der Waals surface area contributed by atoms with Gasteiger partial charge in [-0.3, -0.25) is 0 Å². The van der Waals surface area contributed by atoms with Crippen LogP contribution in [-0.2, 0) is 4.74 Å². The van der Waals surface area contributed by atoms with Crippen molar-refractivity contribution in [1.29, 1.82) is 0 Å². The van der Waals surface area contributed by atoms with Crippen LogP contribution in [0.25, 0.3) is 0 Å². The zero-order chi connectivity index (χ0) is 10.3. The zero-order valence-corrected chi connectivity index (χ0v) is 10.4. The van der Waals surface area contributed by atoms with Crippen molar-refractivity contribution in [3.63, 3.8) is 0 Å². The molecule has 0 aliphatic carbocycles. The molecule has 1 saturated heterocycles. The molecule has 2 nitrogen and oxygen atoms in total. The van der Waals surface area contributed by atoms with E-state index in [1.807, 2.05) is 0 Å². The van der Waals surface area contributed by atoms with Gasteiger partial charge in [-0.1, -0.05) is 33.9 Å². The van der Waals surface area contributed by atoms with Gasteiger partial charge in [0.1, 0.15) is 6.10 Å². The molecule has 1 aliphatic heterocycles. The largest absolute Gasteiger partial charge is 0.394 e. The lowest BCUT2D eigenvalue weighted by Crippen LogP contribution is -2.38. The maximum Gasteiger partial charge on any atom is 0.107 e. The number of ether oxygens (including phenoxy) is 1. The molecule has 2 atom stereocenters. The van der Waals surface area contributed by atoms with Crippen LogP contribution >= 0.6 is 0 Å². The maximum atomic E-state index is 8.87. The Balaban J connectivity index is 2.44. The molecule has 13 heavy (non-hydrogen) atoms. The van der Waals surface area contributed by atoms with Gasteiger partial charge in [-0.05, 0) is 11.1 Å². The summed E-state index contributed by atoms with van der Waals surface area (Å²) in [5, 5.41) is 9.30. The molecule has 0 saturated carbocycles. The molecule has 1 aliphatic rings. The summed E-state index contributed by atoms with van der Waals surface area (Å²) in [4.78, 5) is 0. The highest BCUT2D eigenvalue weighted by atomic mass is 28.3. The van der Waals surface area contributed by atoms with Crippen LogP contribution < -0.4 is 0 Å². The standard InChI is InChI=1S/C10H22O2Si/c1-10(2,3)13(4,5)7-9-8(6-11)12-9/h8-9,11H,6-7H2,1-5H3/t8-,9+/m0/s1. The maximum absolute atomic E-state index is 8.87. The third-order valence-corrected chi connectivity index (χ3v) is 9.09. The topological polar surface area (TPSA) is 32.8 Å². The van der Waals surface area contributed by atoms with E-state index < -0.39 is 8.07 Å². The Morgan fingerprint density at radius 3 is 2.08 bits per heavy atom. The van der Waals surface area contributed by atoms with Crippen molar-refractivity contribution in [2.24, 2.45) is 0 Å². The molecule has 0 radical (unpaired) electrons. The highest BCUT2D eigenvalue weighted by molar-refractivity contribution is 6.80. The first-order chi connectivity index (χ1) is 5.78. The van der Waals surface area contributed by atoms with Crippen molar-refractivity contribution >= 4 is 8.07 Å². The highest BCUT2D eigenvalue weighted by Gasteiger charge is 2.46. The summed E-state index contributed by atoms with van der Waals surface area (Å²) in [5.41, 5.74) is 0. The zero-order valence-electron chi connectivity index (χ0n) is 9.42. The van der Waals surface area contributed by atoms with E-state index in [4.69, 9.17) is 9.84 Å². The van der Waals surface area contributed by atoms with Gasteiger partial charge in [0, 0.05) is 0 Å². The van der Waals surface area contributed by atoms with Gasteiger partial charge >= 0.3 is 0 Å². The van der Waals surface area contributed by atoms with Gasteiger partial charge in [-0.2, -0.15) is 0 Å². The summed E-state index contributed by atoms with van der Waals surface area (Å²) in [7, 11) is -1.20. The van der Waals surface area contributed by atoms with Crippen molar-refractivity contribution in [3.05, 3.63) is 0 Å². The van der Waals surface area contributed by atoms with Crippen molar-refractivity contribution in [3.8, 4) is 0 Å². The van der Waals surface area contributed by atoms with Gasteiger partial charge in [0.2, 0.25) is 0 Å². The number of rotatable bonds is 3. The molecule has 0 unspecified atom stereocenters. The summed E-state index contributed by atoms with van der Waals surface area (Å²) in [5.74, 6) is 0. The van der Waals surface area contributed by atoms with Gasteiger partial charge in [0.05, 0.1) is 20.8 Å². The van der Waals surface area contributed by atoms with E-state index in [0.717, 1.165) is 0 Å². The average molecular weight is 202 g/mol. The molecule has 1 rings (SSSR count). The van der Waals surface area contributed by atoms with E-state index in [1.54, 1.807) is 0 Å². The second kappa shape index (κ2) is 3.37. The SMILES string of the molecule is CC(C)(C)[Si](C)(C)C[C@H]1O[C@H]1CO. The first-order valence-electron chi connectivity index (χ1n) is 5.04. The number of hydrogen-bond donors (Lipinski definition) is 1. The number of aliphatic hydroxyl groups is 1. The molecular formula is C10H22O2Si. The smallest absolute Gasteiger partial charge is 0.107 e. The van der Waals surface area contributed by atoms with E-state index >= 15 is 0 Å². The summed E-state index contributed by atoms with van der Waals surface area (Å²) < 4.78 is 5.38. The molecule has 0 bridgehead atoms. The van der Waals surface area contributed by atoms with Gasteiger partial charge in [0.15, 0.2) is 0 Å². The molecule has 0 aromatic rings. The average Bonchev–Trinajstić information content (AvgIpc) is 2.63. The molecule has 1 N–H and O–H groups in total. The van der Waals surface area contributed by atoms with E-state index in [2.05, 4.69) is 33.9 Å². The minimum atomic E-state index is -1.20. The molecule has 0 aromatic carbocycles. The van der Waals surface area contributed by atoms with Crippen LogP contribution in [0, 0.1) is 0 Å². The van der Waals surface area contributed by atoms with Crippen LogP contribution in [0.2, 0.25) is 24.2 Å². The predicted molar refractivity (Wildman–Crippen MR) is 57.8 cm³/mol. The molecule has 0 spiro atoms. The normalized spacial score (nSPS) is 29.1. The van der Waals surface area contributed by atoms with Crippen LogP contribution in [0.3, 0.4) is 0 Å². The second-order valence-corrected chi connectivity index (χ2v) is 11.4. The van der Waals surface area contributed by atoms with E-state index in [0.29, 0.717) is 11.1 Å². The van der Waals surface area contributed by atoms with Crippen LogP contribution in [0.1, 0.15) is 20.8 Å². The number of epoxide rings is 1. The quantitative estimate of drug-likeness (QED) is 0.562. The van der Waals surface area contributed by atoms with E-state index in [-0.39, 0.29) is 12.7 Å². The molecule has 0 aromatic heterocycles. The fourth-order valence-electron chi connectivity index (χ4n) is 1.33. The van der Waals surface area contributed by atoms with Crippen LogP contribution in [0.4, 0.5) is 0 Å². The lowest BCUT2D eigenvalue weighted by molar-refractivity contribution is 0.242. The van der Waals surface area contributed by atoms with Crippen molar-refractivity contribution in [2.75, 3.05) is 6.61 Å². The molecular weight excluding hydrogens is 180 g/mol. The molecule has 1 fully saturated rings. The molecule has 78 valence electrons. The minimum Gasteiger partial charge on any atom is -0.394 e. The lowest BCUT2D eigenvalue weighted by atomic mass is 10.2. The summed E-state index contributed by atoms with van der Waals surface area (Å²) >= 11 is 0. The Morgan fingerprint density at radius 1 is 1.23 bits per heavy atom. The molecule has 3 heteroatoms. The third-order valence-electron chi connectivity index (χ3n) is 3.61. The predicted octanol–water partition coefficient (Wildman–Crippen LogP) is 2.25. The number of aliphatic hydroxyl groups excluding tert-OH is 1. The van der Waals surface area contributed by atoms with Crippen molar-refractivity contribution in [2.45, 2.75) is 57.2 Å². The second-order valence-electron chi connectivity index (χ2n) is 5.73. The Hall–Kier alpha value is 0.137. The highest BCUT2D eigenvalue weighted by Crippen LogP contribution is 2.43.